The molecule has 0 aliphatic carbocycles. The van der Waals surface area contributed by atoms with E-state index in [-0.39, 0.29) is 5.91 Å². The molecule has 1 aliphatic heterocycles. The van der Waals surface area contributed by atoms with Gasteiger partial charge in [-0.15, -0.1) is 0 Å². The van der Waals surface area contributed by atoms with Crippen LogP contribution in [0.2, 0.25) is 0 Å². The SMILES string of the molecule is Cc1cscc1C(=O)NCC1(O)CCOCC1. The van der Waals surface area contributed by atoms with Crippen molar-refractivity contribution in [1.29, 1.82) is 0 Å². The Morgan fingerprint density at radius 3 is 2.82 bits per heavy atom. The average Bonchev–Trinajstić information content (AvgIpc) is 2.74. The second-order valence-corrected chi connectivity index (χ2v) is 5.23. The highest BCUT2D eigenvalue weighted by Crippen LogP contribution is 2.20. The Labute approximate surface area is 105 Å². The number of hydrogen-bond acceptors (Lipinski definition) is 4. The quantitative estimate of drug-likeness (QED) is 0.856. The highest BCUT2D eigenvalue weighted by atomic mass is 32.1. The molecule has 1 aromatic rings. The van der Waals surface area contributed by atoms with Gasteiger partial charge in [-0.3, -0.25) is 4.79 Å². The summed E-state index contributed by atoms with van der Waals surface area (Å²) in [7, 11) is 0. The Balaban J connectivity index is 1.90. The van der Waals surface area contributed by atoms with Crippen molar-refractivity contribution in [2.24, 2.45) is 0 Å². The summed E-state index contributed by atoms with van der Waals surface area (Å²) in [4.78, 5) is 11.9. The topological polar surface area (TPSA) is 58.6 Å². The maximum Gasteiger partial charge on any atom is 0.252 e. The van der Waals surface area contributed by atoms with E-state index in [9.17, 15) is 9.90 Å². The number of nitrogens with one attached hydrogen (secondary N) is 1. The number of amides is 1. The average molecular weight is 255 g/mol. The van der Waals surface area contributed by atoms with E-state index in [1.807, 2.05) is 17.7 Å². The van der Waals surface area contributed by atoms with Crippen molar-refractivity contribution in [1.82, 2.24) is 5.32 Å². The minimum absolute atomic E-state index is 0.108. The number of ether oxygens (including phenoxy) is 1. The molecule has 0 bridgehead atoms. The predicted octanol–water partition coefficient (Wildman–Crippen LogP) is 1.33. The third-order valence-corrected chi connectivity index (χ3v) is 3.96. The summed E-state index contributed by atoms with van der Waals surface area (Å²) in [6.07, 6.45) is 1.16. The molecule has 2 heterocycles. The molecule has 4 nitrogen and oxygen atoms in total. The second-order valence-electron chi connectivity index (χ2n) is 4.49. The standard InChI is InChI=1S/C12H17NO3S/c1-9-6-17-7-10(9)11(14)13-8-12(15)2-4-16-5-3-12/h6-7,15H,2-5,8H2,1H3,(H,13,14). The molecule has 1 saturated heterocycles. The van der Waals surface area contributed by atoms with E-state index in [1.54, 1.807) is 0 Å². The van der Waals surface area contributed by atoms with Gasteiger partial charge in [-0.05, 0) is 17.9 Å². The van der Waals surface area contributed by atoms with Gasteiger partial charge in [0.25, 0.3) is 5.91 Å². The molecular formula is C12H17NO3S. The minimum atomic E-state index is -0.808. The molecule has 0 saturated carbocycles. The zero-order valence-electron chi connectivity index (χ0n) is 9.86. The summed E-state index contributed by atoms with van der Waals surface area (Å²) in [6.45, 7) is 3.33. The lowest BCUT2D eigenvalue weighted by Crippen LogP contribution is -2.46. The molecule has 0 unspecified atom stereocenters. The largest absolute Gasteiger partial charge is 0.388 e. The van der Waals surface area contributed by atoms with E-state index in [0.29, 0.717) is 38.2 Å². The molecule has 17 heavy (non-hydrogen) atoms. The number of carbonyl (C=O) groups is 1. The van der Waals surface area contributed by atoms with Crippen LogP contribution in [-0.2, 0) is 4.74 Å². The van der Waals surface area contributed by atoms with Gasteiger partial charge in [0.15, 0.2) is 0 Å². The van der Waals surface area contributed by atoms with Crippen molar-refractivity contribution in [2.45, 2.75) is 25.4 Å². The number of rotatable bonds is 3. The van der Waals surface area contributed by atoms with Crippen molar-refractivity contribution >= 4 is 17.2 Å². The monoisotopic (exact) mass is 255 g/mol. The number of aryl methyl sites for hydroxylation is 1. The molecule has 2 rings (SSSR count). The van der Waals surface area contributed by atoms with Crippen LogP contribution in [0.1, 0.15) is 28.8 Å². The van der Waals surface area contributed by atoms with Crippen LogP contribution < -0.4 is 5.32 Å². The van der Waals surface area contributed by atoms with Crippen LogP contribution in [0.15, 0.2) is 10.8 Å². The molecule has 1 aromatic heterocycles. The van der Waals surface area contributed by atoms with E-state index in [2.05, 4.69) is 5.32 Å². The van der Waals surface area contributed by atoms with Crippen molar-refractivity contribution < 1.29 is 14.6 Å². The third kappa shape index (κ3) is 3.06. The van der Waals surface area contributed by atoms with Gasteiger partial charge in [0.2, 0.25) is 0 Å². The first-order valence-electron chi connectivity index (χ1n) is 5.72. The van der Waals surface area contributed by atoms with Gasteiger partial charge >= 0.3 is 0 Å². The molecule has 1 fully saturated rings. The van der Waals surface area contributed by atoms with Gasteiger partial charge in [0.1, 0.15) is 0 Å². The molecule has 0 spiro atoms. The molecule has 0 aromatic carbocycles. The highest BCUT2D eigenvalue weighted by Gasteiger charge is 2.30. The van der Waals surface area contributed by atoms with Gasteiger partial charge in [-0.2, -0.15) is 11.3 Å². The zero-order valence-corrected chi connectivity index (χ0v) is 10.7. The maximum atomic E-state index is 11.9. The summed E-state index contributed by atoms with van der Waals surface area (Å²) in [5.74, 6) is -0.108. The summed E-state index contributed by atoms with van der Waals surface area (Å²) >= 11 is 1.51. The van der Waals surface area contributed by atoms with E-state index in [0.717, 1.165) is 5.56 Å². The fourth-order valence-electron chi connectivity index (χ4n) is 1.86. The lowest BCUT2D eigenvalue weighted by molar-refractivity contribution is -0.0605. The Morgan fingerprint density at radius 1 is 1.53 bits per heavy atom. The van der Waals surface area contributed by atoms with Crippen molar-refractivity contribution in [2.75, 3.05) is 19.8 Å². The zero-order chi connectivity index (χ0) is 12.3. The minimum Gasteiger partial charge on any atom is -0.388 e. The second kappa shape index (κ2) is 5.16. The Hall–Kier alpha value is -0.910. The van der Waals surface area contributed by atoms with E-state index in [4.69, 9.17) is 4.74 Å². The van der Waals surface area contributed by atoms with Gasteiger partial charge in [-0.25, -0.2) is 0 Å². The third-order valence-electron chi connectivity index (χ3n) is 3.10. The fourth-order valence-corrected chi connectivity index (χ4v) is 2.69. The van der Waals surface area contributed by atoms with E-state index < -0.39 is 5.60 Å². The summed E-state index contributed by atoms with van der Waals surface area (Å²) in [6, 6.07) is 0. The lowest BCUT2D eigenvalue weighted by atomic mass is 9.94. The predicted molar refractivity (Wildman–Crippen MR) is 66.4 cm³/mol. The van der Waals surface area contributed by atoms with Crippen molar-refractivity contribution in [3.05, 3.63) is 21.9 Å². The molecule has 1 aliphatic rings. The van der Waals surface area contributed by atoms with Crippen LogP contribution in [0.4, 0.5) is 0 Å². The van der Waals surface area contributed by atoms with Gasteiger partial charge in [0.05, 0.1) is 11.2 Å². The lowest BCUT2D eigenvalue weighted by Gasteiger charge is -2.32. The van der Waals surface area contributed by atoms with Gasteiger partial charge < -0.3 is 15.2 Å². The van der Waals surface area contributed by atoms with Crippen LogP contribution in [0.3, 0.4) is 0 Å². The van der Waals surface area contributed by atoms with Gasteiger partial charge in [0, 0.05) is 38.0 Å². The van der Waals surface area contributed by atoms with Crippen LogP contribution >= 0.6 is 11.3 Å². The highest BCUT2D eigenvalue weighted by molar-refractivity contribution is 7.08. The Kier molecular flexibility index (Phi) is 3.81. The van der Waals surface area contributed by atoms with Crippen molar-refractivity contribution in [3.63, 3.8) is 0 Å². The number of carbonyl (C=O) groups excluding carboxylic acids is 1. The molecule has 0 atom stereocenters. The van der Waals surface area contributed by atoms with Crippen LogP contribution in [-0.4, -0.2) is 36.4 Å². The van der Waals surface area contributed by atoms with E-state index >= 15 is 0 Å². The van der Waals surface area contributed by atoms with Crippen molar-refractivity contribution in [3.8, 4) is 0 Å². The number of aliphatic hydroxyl groups is 1. The molecule has 94 valence electrons. The molecule has 5 heteroatoms. The molecule has 0 radical (unpaired) electrons. The number of hydrogen-bond donors (Lipinski definition) is 2. The molecule has 2 N–H and O–H groups in total. The normalized spacial score (nSPS) is 18.9. The number of thiophene rings is 1. The van der Waals surface area contributed by atoms with Crippen LogP contribution in [0, 0.1) is 6.92 Å². The summed E-state index contributed by atoms with van der Waals surface area (Å²) < 4.78 is 5.19. The Morgan fingerprint density at radius 2 is 2.24 bits per heavy atom. The molecule has 1 amide bonds. The smallest absolute Gasteiger partial charge is 0.252 e. The van der Waals surface area contributed by atoms with Crippen LogP contribution in [0.5, 0.6) is 0 Å². The van der Waals surface area contributed by atoms with Gasteiger partial charge in [-0.1, -0.05) is 0 Å². The summed E-state index contributed by atoms with van der Waals surface area (Å²) in [5, 5.41) is 16.8. The van der Waals surface area contributed by atoms with Crippen LogP contribution in [0.25, 0.3) is 0 Å². The fraction of sp³-hybridized carbons (Fsp3) is 0.583. The van der Waals surface area contributed by atoms with E-state index in [1.165, 1.54) is 11.3 Å². The Bertz CT molecular complexity index is 396. The maximum absolute atomic E-state index is 11.9. The molecular weight excluding hydrogens is 238 g/mol. The first kappa shape index (κ1) is 12.5. The summed E-state index contributed by atoms with van der Waals surface area (Å²) in [5.41, 5.74) is 0.870. The first-order valence-corrected chi connectivity index (χ1v) is 6.66. The first-order chi connectivity index (χ1) is 8.11.